The number of hydrogen-bond donors (Lipinski definition) is 1. The third kappa shape index (κ3) is 4.71. The minimum Gasteiger partial charge on any atom is -0.490 e. The van der Waals surface area contributed by atoms with Gasteiger partial charge in [0.25, 0.3) is 0 Å². The SMILES string of the molecule is CCCOc1ccccc1OC(CNC1CC1)C(C)C. The molecule has 0 amide bonds. The Hall–Kier alpha value is -1.22. The topological polar surface area (TPSA) is 30.5 Å². The monoisotopic (exact) mass is 277 g/mol. The molecule has 1 fully saturated rings. The third-order valence-electron chi connectivity index (χ3n) is 3.52. The fraction of sp³-hybridized carbons (Fsp3) is 0.647. The smallest absolute Gasteiger partial charge is 0.161 e. The largest absolute Gasteiger partial charge is 0.490 e. The van der Waals surface area contributed by atoms with Gasteiger partial charge in [0, 0.05) is 12.6 Å². The Labute approximate surface area is 122 Å². The zero-order valence-corrected chi connectivity index (χ0v) is 12.9. The molecular weight excluding hydrogens is 250 g/mol. The summed E-state index contributed by atoms with van der Waals surface area (Å²) in [5, 5.41) is 3.56. The summed E-state index contributed by atoms with van der Waals surface area (Å²) in [6.07, 6.45) is 3.80. The lowest BCUT2D eigenvalue weighted by atomic mass is 10.1. The van der Waals surface area contributed by atoms with Crippen molar-refractivity contribution in [1.82, 2.24) is 5.32 Å². The molecule has 0 radical (unpaired) electrons. The molecule has 1 unspecified atom stereocenters. The number of rotatable bonds is 9. The van der Waals surface area contributed by atoms with Gasteiger partial charge in [0.05, 0.1) is 6.61 Å². The first kappa shape index (κ1) is 15.2. The summed E-state index contributed by atoms with van der Waals surface area (Å²) in [7, 11) is 0. The fourth-order valence-electron chi connectivity index (χ4n) is 2.03. The van der Waals surface area contributed by atoms with E-state index in [1.54, 1.807) is 0 Å². The van der Waals surface area contributed by atoms with Crippen LogP contribution in [0.1, 0.15) is 40.0 Å². The molecule has 112 valence electrons. The highest BCUT2D eigenvalue weighted by molar-refractivity contribution is 5.39. The van der Waals surface area contributed by atoms with Gasteiger partial charge >= 0.3 is 0 Å². The van der Waals surface area contributed by atoms with Crippen molar-refractivity contribution in [2.75, 3.05) is 13.2 Å². The number of benzene rings is 1. The van der Waals surface area contributed by atoms with Gasteiger partial charge in [-0.1, -0.05) is 32.9 Å². The number of hydrogen-bond acceptors (Lipinski definition) is 3. The van der Waals surface area contributed by atoms with Crippen LogP contribution in [0.25, 0.3) is 0 Å². The van der Waals surface area contributed by atoms with Gasteiger partial charge in [-0.15, -0.1) is 0 Å². The molecular formula is C17H27NO2. The summed E-state index contributed by atoms with van der Waals surface area (Å²) >= 11 is 0. The van der Waals surface area contributed by atoms with Crippen LogP contribution in [-0.4, -0.2) is 25.3 Å². The fourth-order valence-corrected chi connectivity index (χ4v) is 2.03. The molecule has 3 nitrogen and oxygen atoms in total. The van der Waals surface area contributed by atoms with Gasteiger partial charge < -0.3 is 14.8 Å². The van der Waals surface area contributed by atoms with Crippen LogP contribution >= 0.6 is 0 Å². The Balaban J connectivity index is 1.96. The van der Waals surface area contributed by atoms with Crippen LogP contribution < -0.4 is 14.8 Å². The summed E-state index contributed by atoms with van der Waals surface area (Å²) in [5.41, 5.74) is 0. The van der Waals surface area contributed by atoms with Crippen LogP contribution in [0.15, 0.2) is 24.3 Å². The molecule has 1 aromatic carbocycles. The van der Waals surface area contributed by atoms with E-state index in [-0.39, 0.29) is 6.10 Å². The van der Waals surface area contributed by atoms with E-state index in [0.29, 0.717) is 12.0 Å². The van der Waals surface area contributed by atoms with E-state index in [0.717, 1.165) is 31.1 Å². The second kappa shape index (κ2) is 7.53. The van der Waals surface area contributed by atoms with Gasteiger partial charge in [0.2, 0.25) is 0 Å². The molecule has 1 aromatic rings. The van der Waals surface area contributed by atoms with Gasteiger partial charge in [0.15, 0.2) is 11.5 Å². The van der Waals surface area contributed by atoms with E-state index in [2.05, 4.69) is 26.1 Å². The quantitative estimate of drug-likeness (QED) is 0.747. The molecule has 2 rings (SSSR count). The summed E-state index contributed by atoms with van der Waals surface area (Å²) in [5.74, 6) is 2.18. The Kier molecular flexibility index (Phi) is 5.72. The lowest BCUT2D eigenvalue weighted by Gasteiger charge is -2.24. The van der Waals surface area contributed by atoms with Crippen LogP contribution in [0.2, 0.25) is 0 Å². The molecule has 0 heterocycles. The Morgan fingerprint density at radius 2 is 1.90 bits per heavy atom. The molecule has 1 saturated carbocycles. The first-order valence-corrected chi connectivity index (χ1v) is 7.82. The Bertz CT molecular complexity index is 402. The molecule has 1 atom stereocenters. The van der Waals surface area contributed by atoms with Gasteiger partial charge in [-0.3, -0.25) is 0 Å². The van der Waals surface area contributed by atoms with E-state index in [9.17, 15) is 0 Å². The van der Waals surface area contributed by atoms with Crippen molar-refractivity contribution in [3.8, 4) is 11.5 Å². The van der Waals surface area contributed by atoms with Gasteiger partial charge in [-0.05, 0) is 37.3 Å². The standard InChI is InChI=1S/C17H27NO2/c1-4-11-19-15-7-5-6-8-16(15)20-17(13(2)3)12-18-14-9-10-14/h5-8,13-14,17-18H,4,9-12H2,1-3H3. The number of para-hydroxylation sites is 2. The van der Waals surface area contributed by atoms with Crippen molar-refractivity contribution in [2.45, 2.75) is 52.2 Å². The zero-order chi connectivity index (χ0) is 14.4. The zero-order valence-electron chi connectivity index (χ0n) is 12.9. The lowest BCUT2D eigenvalue weighted by molar-refractivity contribution is 0.141. The molecule has 0 saturated heterocycles. The van der Waals surface area contributed by atoms with Crippen molar-refractivity contribution in [1.29, 1.82) is 0 Å². The minimum atomic E-state index is 0.182. The van der Waals surface area contributed by atoms with E-state index >= 15 is 0 Å². The Morgan fingerprint density at radius 3 is 2.50 bits per heavy atom. The molecule has 1 N–H and O–H groups in total. The first-order chi connectivity index (χ1) is 9.70. The van der Waals surface area contributed by atoms with Crippen LogP contribution in [0.3, 0.4) is 0 Å². The maximum atomic E-state index is 6.19. The predicted octanol–water partition coefficient (Wildman–Crippen LogP) is 3.63. The minimum absolute atomic E-state index is 0.182. The van der Waals surface area contributed by atoms with Crippen molar-refractivity contribution in [3.05, 3.63) is 24.3 Å². The molecule has 20 heavy (non-hydrogen) atoms. The van der Waals surface area contributed by atoms with E-state index in [1.165, 1.54) is 12.8 Å². The highest BCUT2D eigenvalue weighted by Gasteiger charge is 2.24. The average Bonchev–Trinajstić information content (AvgIpc) is 3.26. The van der Waals surface area contributed by atoms with Gasteiger partial charge in [0.1, 0.15) is 6.10 Å². The Morgan fingerprint density at radius 1 is 1.20 bits per heavy atom. The van der Waals surface area contributed by atoms with Crippen LogP contribution in [0, 0.1) is 5.92 Å². The summed E-state index contributed by atoms with van der Waals surface area (Å²) in [4.78, 5) is 0. The van der Waals surface area contributed by atoms with Crippen LogP contribution in [-0.2, 0) is 0 Å². The van der Waals surface area contributed by atoms with Gasteiger partial charge in [-0.2, -0.15) is 0 Å². The summed E-state index contributed by atoms with van der Waals surface area (Å²) in [6.45, 7) is 8.15. The van der Waals surface area contributed by atoms with Crippen molar-refractivity contribution >= 4 is 0 Å². The van der Waals surface area contributed by atoms with Crippen molar-refractivity contribution in [3.63, 3.8) is 0 Å². The molecule has 0 spiro atoms. The van der Waals surface area contributed by atoms with Crippen molar-refractivity contribution in [2.24, 2.45) is 5.92 Å². The number of nitrogens with one attached hydrogen (secondary N) is 1. The molecule has 0 bridgehead atoms. The highest BCUT2D eigenvalue weighted by atomic mass is 16.5. The molecule has 1 aliphatic carbocycles. The van der Waals surface area contributed by atoms with Crippen LogP contribution in [0.5, 0.6) is 11.5 Å². The maximum Gasteiger partial charge on any atom is 0.161 e. The van der Waals surface area contributed by atoms with Gasteiger partial charge in [-0.25, -0.2) is 0 Å². The number of ether oxygens (including phenoxy) is 2. The second-order valence-electron chi connectivity index (χ2n) is 5.88. The third-order valence-corrected chi connectivity index (χ3v) is 3.52. The van der Waals surface area contributed by atoms with Crippen LogP contribution in [0.4, 0.5) is 0 Å². The maximum absolute atomic E-state index is 6.19. The molecule has 1 aliphatic rings. The normalized spacial score (nSPS) is 16.2. The highest BCUT2D eigenvalue weighted by Crippen LogP contribution is 2.29. The summed E-state index contributed by atoms with van der Waals surface area (Å²) < 4.78 is 12.0. The second-order valence-corrected chi connectivity index (χ2v) is 5.88. The molecule has 3 heteroatoms. The van der Waals surface area contributed by atoms with Crippen molar-refractivity contribution < 1.29 is 9.47 Å². The van der Waals surface area contributed by atoms with E-state index in [1.807, 2.05) is 24.3 Å². The van der Waals surface area contributed by atoms with E-state index < -0.39 is 0 Å². The average molecular weight is 277 g/mol. The molecule has 0 aliphatic heterocycles. The van der Waals surface area contributed by atoms with E-state index in [4.69, 9.17) is 9.47 Å². The lowest BCUT2D eigenvalue weighted by Crippen LogP contribution is -2.36. The summed E-state index contributed by atoms with van der Waals surface area (Å²) in [6, 6.07) is 8.69. The first-order valence-electron chi connectivity index (χ1n) is 7.82. The molecule has 0 aromatic heterocycles. The predicted molar refractivity (Wildman–Crippen MR) is 82.5 cm³/mol.